The minimum absolute atomic E-state index is 0.0645. The molecule has 0 bridgehead atoms. The van der Waals surface area contributed by atoms with Crippen molar-refractivity contribution in [1.29, 1.82) is 0 Å². The van der Waals surface area contributed by atoms with E-state index in [4.69, 9.17) is 11.6 Å². The maximum absolute atomic E-state index is 12.8. The number of halogens is 1. The van der Waals surface area contributed by atoms with E-state index < -0.39 is 16.1 Å². The minimum atomic E-state index is -3.34. The third-order valence-electron chi connectivity index (χ3n) is 5.05. The van der Waals surface area contributed by atoms with E-state index in [9.17, 15) is 18.0 Å². The molecule has 0 saturated heterocycles. The van der Waals surface area contributed by atoms with Crippen LogP contribution in [0.1, 0.15) is 41.8 Å². The van der Waals surface area contributed by atoms with Crippen molar-refractivity contribution in [2.24, 2.45) is 5.92 Å². The zero-order chi connectivity index (χ0) is 23.0. The molecule has 3 N–H and O–H groups in total. The number of hydrogen-bond acceptors (Lipinski definition) is 4. The van der Waals surface area contributed by atoms with Gasteiger partial charge < -0.3 is 10.6 Å². The van der Waals surface area contributed by atoms with Crippen LogP contribution in [0.5, 0.6) is 0 Å². The Morgan fingerprint density at radius 1 is 1.00 bits per heavy atom. The summed E-state index contributed by atoms with van der Waals surface area (Å²) < 4.78 is 25.5. The van der Waals surface area contributed by atoms with Gasteiger partial charge >= 0.3 is 0 Å². The van der Waals surface area contributed by atoms with E-state index in [0.29, 0.717) is 22.6 Å². The molecule has 0 aliphatic carbocycles. The van der Waals surface area contributed by atoms with Gasteiger partial charge in [-0.15, -0.1) is 0 Å². The van der Waals surface area contributed by atoms with Crippen molar-refractivity contribution in [2.45, 2.75) is 38.6 Å². The molecule has 0 aliphatic rings. The zero-order valence-electron chi connectivity index (χ0n) is 17.8. The number of nitrogens with one attached hydrogen (secondary N) is 3. The number of carbonyl (C=O) groups is 2. The van der Waals surface area contributed by atoms with Gasteiger partial charge in [0.1, 0.15) is 6.04 Å². The van der Waals surface area contributed by atoms with Gasteiger partial charge in [-0.25, -0.2) is 13.1 Å². The molecule has 9 heteroatoms. The molecule has 2 aromatic rings. The summed E-state index contributed by atoms with van der Waals surface area (Å²) in [5.41, 5.74) is 1.90. The van der Waals surface area contributed by atoms with Crippen LogP contribution in [0.15, 0.2) is 48.5 Å². The minimum Gasteiger partial charge on any atom is -0.350 e. The first-order valence-electron chi connectivity index (χ1n) is 9.98. The summed E-state index contributed by atoms with van der Waals surface area (Å²) in [6.07, 6.45) is 0.716. The Morgan fingerprint density at radius 2 is 1.58 bits per heavy atom. The number of benzene rings is 2. The van der Waals surface area contributed by atoms with Crippen molar-refractivity contribution in [3.05, 3.63) is 70.2 Å². The van der Waals surface area contributed by atoms with E-state index in [0.717, 1.165) is 5.56 Å². The van der Waals surface area contributed by atoms with Crippen LogP contribution < -0.4 is 15.4 Å². The van der Waals surface area contributed by atoms with E-state index in [1.165, 1.54) is 7.05 Å². The molecule has 2 atom stereocenters. The van der Waals surface area contributed by atoms with Gasteiger partial charge in [-0.3, -0.25) is 9.59 Å². The molecule has 0 aliphatic heterocycles. The molecule has 7 nitrogen and oxygen atoms in total. The number of amides is 2. The molecule has 31 heavy (non-hydrogen) atoms. The van der Waals surface area contributed by atoms with Gasteiger partial charge in [-0.2, -0.15) is 0 Å². The van der Waals surface area contributed by atoms with Crippen LogP contribution in [0.25, 0.3) is 0 Å². The molecule has 0 aromatic heterocycles. The highest BCUT2D eigenvalue weighted by Crippen LogP contribution is 2.13. The average Bonchev–Trinajstić information content (AvgIpc) is 2.76. The second-order valence-electron chi connectivity index (χ2n) is 7.34. The smallest absolute Gasteiger partial charge is 0.251 e. The standard InChI is InChI=1S/C22H28ClN3O4S/c1-4-15(2)20(26-21(27)18-9-11-19(23)12-10-18)22(28)25-13-16-5-7-17(8-6-16)14-31(29,30)24-3/h5-12,15,20,24H,4,13-14H2,1-3H3,(H,25,28)(H,26,27)/t15-,20-/m0/s1. The Bertz CT molecular complexity index is 992. The lowest BCUT2D eigenvalue weighted by Crippen LogP contribution is -2.50. The molecule has 0 fully saturated rings. The second-order valence-corrected chi connectivity index (χ2v) is 9.70. The highest BCUT2D eigenvalue weighted by atomic mass is 35.5. The van der Waals surface area contributed by atoms with Crippen molar-refractivity contribution < 1.29 is 18.0 Å². The second kappa shape index (κ2) is 11.3. The summed E-state index contributed by atoms with van der Waals surface area (Å²) in [6.45, 7) is 4.13. The SMILES string of the molecule is CC[C@H](C)[C@H](NC(=O)c1ccc(Cl)cc1)C(=O)NCc1ccc(CS(=O)(=O)NC)cc1. The summed E-state index contributed by atoms with van der Waals surface area (Å²) >= 11 is 5.86. The Labute approximate surface area is 188 Å². The van der Waals surface area contributed by atoms with Gasteiger partial charge in [0, 0.05) is 17.1 Å². The van der Waals surface area contributed by atoms with E-state index in [1.807, 2.05) is 13.8 Å². The fourth-order valence-electron chi connectivity index (χ4n) is 2.87. The first kappa shape index (κ1) is 24.8. The van der Waals surface area contributed by atoms with Crippen LogP contribution >= 0.6 is 11.6 Å². The van der Waals surface area contributed by atoms with Crippen molar-refractivity contribution in [3.8, 4) is 0 Å². The van der Waals surface area contributed by atoms with Crippen LogP contribution in [-0.4, -0.2) is 33.3 Å². The van der Waals surface area contributed by atoms with Gasteiger partial charge in [0.25, 0.3) is 5.91 Å². The van der Waals surface area contributed by atoms with Crippen molar-refractivity contribution in [1.82, 2.24) is 15.4 Å². The predicted octanol–water partition coefficient (Wildman–Crippen LogP) is 2.85. The van der Waals surface area contributed by atoms with Gasteiger partial charge in [0.05, 0.1) is 5.75 Å². The molecule has 0 heterocycles. The van der Waals surface area contributed by atoms with Gasteiger partial charge in [0.15, 0.2) is 0 Å². The molecule has 2 amide bonds. The summed E-state index contributed by atoms with van der Waals surface area (Å²) in [5.74, 6) is -0.792. The van der Waals surface area contributed by atoms with Gasteiger partial charge in [-0.05, 0) is 48.4 Å². The first-order valence-corrected chi connectivity index (χ1v) is 12.0. The molecule has 0 saturated carbocycles. The van der Waals surface area contributed by atoms with Crippen molar-refractivity contribution >= 4 is 33.4 Å². The predicted molar refractivity (Wildman–Crippen MR) is 122 cm³/mol. The summed E-state index contributed by atoms with van der Waals surface area (Å²) in [6, 6.07) is 12.7. The van der Waals surface area contributed by atoms with Gasteiger partial charge in [-0.1, -0.05) is 56.1 Å². The van der Waals surface area contributed by atoms with Crippen LogP contribution in [0, 0.1) is 5.92 Å². The zero-order valence-corrected chi connectivity index (χ0v) is 19.4. The van der Waals surface area contributed by atoms with E-state index >= 15 is 0 Å². The number of rotatable bonds is 10. The molecule has 168 valence electrons. The van der Waals surface area contributed by atoms with Crippen molar-refractivity contribution in [2.75, 3.05) is 7.05 Å². The highest BCUT2D eigenvalue weighted by Gasteiger charge is 2.26. The van der Waals surface area contributed by atoms with Crippen LogP contribution in [0.2, 0.25) is 5.02 Å². The molecular formula is C22H28ClN3O4S. The molecule has 0 unspecified atom stereocenters. The van der Waals surface area contributed by atoms with Crippen LogP contribution in [0.3, 0.4) is 0 Å². The van der Waals surface area contributed by atoms with Crippen LogP contribution in [-0.2, 0) is 27.1 Å². The summed E-state index contributed by atoms with van der Waals surface area (Å²) in [4.78, 5) is 25.4. The topological polar surface area (TPSA) is 104 Å². The lowest BCUT2D eigenvalue weighted by Gasteiger charge is -2.23. The third kappa shape index (κ3) is 7.65. The monoisotopic (exact) mass is 465 g/mol. The Morgan fingerprint density at radius 3 is 2.13 bits per heavy atom. The fraction of sp³-hybridized carbons (Fsp3) is 0.364. The van der Waals surface area contributed by atoms with Gasteiger partial charge in [0.2, 0.25) is 15.9 Å². The summed E-state index contributed by atoms with van der Waals surface area (Å²) in [7, 11) is -1.97. The first-order chi connectivity index (χ1) is 14.6. The molecule has 0 spiro atoms. The average molecular weight is 466 g/mol. The molecule has 2 rings (SSSR count). The third-order valence-corrected chi connectivity index (χ3v) is 6.63. The van der Waals surface area contributed by atoms with E-state index in [1.54, 1.807) is 48.5 Å². The van der Waals surface area contributed by atoms with Crippen molar-refractivity contribution in [3.63, 3.8) is 0 Å². The Kier molecular flexibility index (Phi) is 9.03. The normalized spacial score (nSPS) is 13.3. The fourth-order valence-corrected chi connectivity index (χ4v) is 3.77. The molecule has 2 aromatic carbocycles. The van der Waals surface area contributed by atoms with Crippen LogP contribution in [0.4, 0.5) is 0 Å². The van der Waals surface area contributed by atoms with E-state index in [-0.39, 0.29) is 30.0 Å². The number of sulfonamides is 1. The molecule has 0 radical (unpaired) electrons. The lowest BCUT2D eigenvalue weighted by atomic mass is 9.97. The Hall–Kier alpha value is -2.42. The maximum Gasteiger partial charge on any atom is 0.251 e. The Balaban J connectivity index is 2.00. The largest absolute Gasteiger partial charge is 0.350 e. The quantitative estimate of drug-likeness (QED) is 0.501. The lowest BCUT2D eigenvalue weighted by molar-refractivity contribution is -0.124. The maximum atomic E-state index is 12.8. The molecular weight excluding hydrogens is 438 g/mol. The number of carbonyl (C=O) groups excluding carboxylic acids is 2. The van der Waals surface area contributed by atoms with E-state index in [2.05, 4.69) is 15.4 Å². The number of hydrogen-bond donors (Lipinski definition) is 3. The highest BCUT2D eigenvalue weighted by molar-refractivity contribution is 7.88. The summed E-state index contributed by atoms with van der Waals surface area (Å²) in [5, 5.41) is 6.20.